The lowest BCUT2D eigenvalue weighted by Crippen LogP contribution is -2.37. The van der Waals surface area contributed by atoms with E-state index in [-0.39, 0.29) is 24.1 Å². The van der Waals surface area contributed by atoms with Crippen molar-refractivity contribution >= 4 is 45.7 Å². The number of thioether (sulfide) groups is 1. The number of nitrogens with one attached hydrogen (secondary N) is 2. The van der Waals surface area contributed by atoms with Crippen molar-refractivity contribution in [3.05, 3.63) is 24.3 Å². The van der Waals surface area contributed by atoms with Crippen molar-refractivity contribution in [1.29, 1.82) is 0 Å². The molecule has 2 aromatic rings. The van der Waals surface area contributed by atoms with Crippen molar-refractivity contribution in [2.24, 2.45) is 0 Å². The molecule has 25 heavy (non-hydrogen) atoms. The van der Waals surface area contributed by atoms with Crippen LogP contribution in [0.15, 0.2) is 28.6 Å². The quantitative estimate of drug-likeness (QED) is 0.670. The zero-order chi connectivity index (χ0) is 18.2. The highest BCUT2D eigenvalue weighted by Gasteiger charge is 2.14. The van der Waals surface area contributed by atoms with Crippen molar-refractivity contribution in [2.75, 3.05) is 38.8 Å². The number of hydrogen-bond acceptors (Lipinski definition) is 8. The van der Waals surface area contributed by atoms with E-state index in [0.29, 0.717) is 9.47 Å². The molecular weight excluding hydrogens is 362 g/mol. The normalized spacial score (nSPS) is 10.2. The van der Waals surface area contributed by atoms with E-state index < -0.39 is 0 Å². The molecule has 0 saturated heterocycles. The van der Waals surface area contributed by atoms with Crippen LogP contribution >= 0.6 is 23.1 Å². The van der Waals surface area contributed by atoms with Gasteiger partial charge in [-0.3, -0.25) is 9.59 Å². The number of aromatic nitrogens is 2. The first-order valence-corrected chi connectivity index (χ1v) is 9.14. The van der Waals surface area contributed by atoms with Gasteiger partial charge in [0, 0.05) is 19.8 Å². The molecule has 0 unspecified atom stereocenters. The SMILES string of the molecule is CNC(=O)CN(C)C(=O)CSc1nnc(Nc2ccc(OC)cc2)s1. The Morgan fingerprint density at radius 2 is 2.00 bits per heavy atom. The summed E-state index contributed by atoms with van der Waals surface area (Å²) in [6.07, 6.45) is 0. The van der Waals surface area contributed by atoms with Crippen LogP contribution < -0.4 is 15.4 Å². The van der Waals surface area contributed by atoms with Gasteiger partial charge in [0.25, 0.3) is 0 Å². The zero-order valence-corrected chi connectivity index (χ0v) is 15.7. The number of hydrogen-bond donors (Lipinski definition) is 2. The molecule has 2 amide bonds. The average molecular weight is 381 g/mol. The molecule has 0 atom stereocenters. The Bertz CT molecular complexity index is 720. The first-order chi connectivity index (χ1) is 12.0. The van der Waals surface area contributed by atoms with Gasteiger partial charge in [-0.25, -0.2) is 0 Å². The van der Waals surface area contributed by atoms with E-state index in [2.05, 4.69) is 20.8 Å². The fourth-order valence-electron chi connectivity index (χ4n) is 1.73. The minimum atomic E-state index is -0.206. The molecule has 0 saturated carbocycles. The van der Waals surface area contributed by atoms with Gasteiger partial charge in [-0.15, -0.1) is 10.2 Å². The first kappa shape index (κ1) is 19.0. The van der Waals surface area contributed by atoms with Crippen LogP contribution in [-0.2, 0) is 9.59 Å². The fraction of sp³-hybridized carbons (Fsp3) is 0.333. The third-order valence-electron chi connectivity index (χ3n) is 3.15. The Labute approximate surface area is 154 Å². The average Bonchev–Trinajstić information content (AvgIpc) is 3.07. The molecule has 134 valence electrons. The molecule has 0 spiro atoms. The van der Waals surface area contributed by atoms with Crippen LogP contribution in [0.25, 0.3) is 0 Å². The maximum absolute atomic E-state index is 12.0. The molecule has 0 aliphatic rings. The molecule has 0 fully saturated rings. The summed E-state index contributed by atoms with van der Waals surface area (Å²) < 4.78 is 5.79. The second-order valence-electron chi connectivity index (χ2n) is 4.94. The summed E-state index contributed by atoms with van der Waals surface area (Å²) >= 11 is 2.65. The van der Waals surface area contributed by atoms with E-state index in [1.165, 1.54) is 35.0 Å². The van der Waals surface area contributed by atoms with Crippen molar-refractivity contribution in [3.63, 3.8) is 0 Å². The van der Waals surface area contributed by atoms with E-state index in [1.54, 1.807) is 14.2 Å². The van der Waals surface area contributed by atoms with E-state index in [1.807, 2.05) is 24.3 Å². The summed E-state index contributed by atoms with van der Waals surface area (Å²) in [7, 11) is 4.74. The highest BCUT2D eigenvalue weighted by atomic mass is 32.2. The smallest absolute Gasteiger partial charge is 0.239 e. The highest BCUT2D eigenvalue weighted by molar-refractivity contribution is 8.01. The Balaban J connectivity index is 1.84. The van der Waals surface area contributed by atoms with Crippen LogP contribution in [0.2, 0.25) is 0 Å². The number of rotatable bonds is 8. The molecule has 1 aromatic heterocycles. The lowest BCUT2D eigenvalue weighted by atomic mass is 10.3. The molecular formula is C15H19N5O3S2. The van der Waals surface area contributed by atoms with Crippen molar-refractivity contribution in [3.8, 4) is 5.75 Å². The third-order valence-corrected chi connectivity index (χ3v) is 5.11. The summed E-state index contributed by atoms with van der Waals surface area (Å²) in [6, 6.07) is 7.45. The second kappa shape index (κ2) is 9.23. The zero-order valence-electron chi connectivity index (χ0n) is 14.1. The lowest BCUT2D eigenvalue weighted by Gasteiger charge is -2.15. The number of carbonyl (C=O) groups excluding carboxylic acids is 2. The molecule has 1 heterocycles. The predicted molar refractivity (Wildman–Crippen MR) is 98.6 cm³/mol. The number of likely N-dealkylation sites (N-methyl/N-ethyl adjacent to an activating group) is 2. The third kappa shape index (κ3) is 5.91. The minimum absolute atomic E-state index is 0.0380. The van der Waals surface area contributed by atoms with Gasteiger partial charge in [-0.05, 0) is 24.3 Å². The summed E-state index contributed by atoms with van der Waals surface area (Å²) in [6.45, 7) is 0.0380. The van der Waals surface area contributed by atoms with E-state index in [0.717, 1.165) is 11.4 Å². The van der Waals surface area contributed by atoms with Gasteiger partial charge in [0.1, 0.15) is 5.75 Å². The predicted octanol–water partition coefficient (Wildman–Crippen LogP) is 1.59. The summed E-state index contributed by atoms with van der Waals surface area (Å²) in [4.78, 5) is 24.6. The molecule has 2 N–H and O–H groups in total. The van der Waals surface area contributed by atoms with Gasteiger partial charge in [-0.1, -0.05) is 23.1 Å². The lowest BCUT2D eigenvalue weighted by molar-refractivity contribution is -0.132. The maximum Gasteiger partial charge on any atom is 0.239 e. The topological polar surface area (TPSA) is 96.5 Å². The van der Waals surface area contributed by atoms with Crippen molar-refractivity contribution < 1.29 is 14.3 Å². The van der Waals surface area contributed by atoms with Crippen molar-refractivity contribution in [2.45, 2.75) is 4.34 Å². The van der Waals surface area contributed by atoms with E-state index in [4.69, 9.17) is 4.74 Å². The van der Waals surface area contributed by atoms with E-state index in [9.17, 15) is 9.59 Å². The monoisotopic (exact) mass is 381 g/mol. The number of nitrogens with zero attached hydrogens (tertiary/aromatic N) is 3. The molecule has 0 bridgehead atoms. The molecule has 10 heteroatoms. The number of benzene rings is 1. The second-order valence-corrected chi connectivity index (χ2v) is 7.14. The van der Waals surface area contributed by atoms with Crippen LogP contribution in [-0.4, -0.2) is 60.4 Å². The van der Waals surface area contributed by atoms with Crippen LogP contribution in [0, 0.1) is 0 Å². The van der Waals surface area contributed by atoms with Gasteiger partial charge >= 0.3 is 0 Å². The number of amides is 2. The maximum atomic E-state index is 12.0. The van der Waals surface area contributed by atoms with Crippen LogP contribution in [0.4, 0.5) is 10.8 Å². The first-order valence-electron chi connectivity index (χ1n) is 7.33. The Kier molecular flexibility index (Phi) is 7.02. The van der Waals surface area contributed by atoms with Gasteiger partial charge in [0.05, 0.1) is 19.4 Å². The molecule has 0 aliphatic carbocycles. The Hall–Kier alpha value is -2.33. The number of ether oxygens (including phenoxy) is 1. The van der Waals surface area contributed by atoms with Gasteiger partial charge in [0.2, 0.25) is 16.9 Å². The number of anilines is 2. The molecule has 0 aliphatic heterocycles. The van der Waals surface area contributed by atoms with Crippen LogP contribution in [0.5, 0.6) is 5.75 Å². The molecule has 8 nitrogen and oxygen atoms in total. The number of methoxy groups -OCH3 is 1. The number of carbonyl (C=O) groups is 2. The van der Waals surface area contributed by atoms with E-state index >= 15 is 0 Å². The molecule has 1 aromatic carbocycles. The fourth-order valence-corrected chi connectivity index (χ4v) is 3.45. The van der Waals surface area contributed by atoms with Crippen molar-refractivity contribution in [1.82, 2.24) is 20.4 Å². The summed E-state index contributed by atoms with van der Waals surface area (Å²) in [5, 5.41) is 14.4. The van der Waals surface area contributed by atoms with Gasteiger partial charge < -0.3 is 20.3 Å². The molecule has 2 rings (SSSR count). The van der Waals surface area contributed by atoms with Gasteiger partial charge in [0.15, 0.2) is 4.34 Å². The Morgan fingerprint density at radius 1 is 1.28 bits per heavy atom. The minimum Gasteiger partial charge on any atom is -0.497 e. The van der Waals surface area contributed by atoms with Gasteiger partial charge in [-0.2, -0.15) is 0 Å². The largest absolute Gasteiger partial charge is 0.497 e. The van der Waals surface area contributed by atoms with Crippen LogP contribution in [0.1, 0.15) is 0 Å². The summed E-state index contributed by atoms with van der Waals surface area (Å²) in [5.41, 5.74) is 0.870. The van der Waals surface area contributed by atoms with Crippen LogP contribution in [0.3, 0.4) is 0 Å². The standard InChI is InChI=1S/C15H19N5O3S2/c1-16-12(21)8-20(2)13(22)9-24-15-19-18-14(25-15)17-10-4-6-11(23-3)7-5-10/h4-7H,8-9H2,1-3H3,(H,16,21)(H,17,18). The molecule has 0 radical (unpaired) electrons. The highest BCUT2D eigenvalue weighted by Crippen LogP contribution is 2.28. The Morgan fingerprint density at radius 3 is 2.64 bits per heavy atom. The summed E-state index contributed by atoms with van der Waals surface area (Å²) in [5.74, 6) is 0.625.